The number of carbonyl (C=O) groups is 2. The average molecular weight is 470 g/mol. The number of rotatable bonds is 5. The van der Waals surface area contributed by atoms with Gasteiger partial charge in [0.25, 0.3) is 0 Å². The minimum absolute atomic E-state index is 0.0657. The number of carboxylic acid groups (broad SMARTS) is 1. The van der Waals surface area contributed by atoms with Crippen LogP contribution in [0.1, 0.15) is 82.1 Å². The highest BCUT2D eigenvalue weighted by molar-refractivity contribution is 5.95. The number of fused-ring (bicyclic) bond motifs is 3. The van der Waals surface area contributed by atoms with Crippen molar-refractivity contribution in [3.63, 3.8) is 0 Å². The van der Waals surface area contributed by atoms with E-state index in [-0.39, 0.29) is 24.1 Å². The Morgan fingerprint density at radius 2 is 1.82 bits per heavy atom. The van der Waals surface area contributed by atoms with Crippen molar-refractivity contribution in [2.45, 2.75) is 95.9 Å². The van der Waals surface area contributed by atoms with Crippen LogP contribution in [0, 0.1) is 5.92 Å². The van der Waals surface area contributed by atoms with E-state index in [4.69, 9.17) is 14.5 Å². The molecule has 8 nitrogen and oxygen atoms in total. The van der Waals surface area contributed by atoms with Crippen LogP contribution in [0.15, 0.2) is 12.1 Å². The summed E-state index contributed by atoms with van der Waals surface area (Å²) < 4.78 is 13.7. The molecule has 2 aliphatic carbocycles. The molecule has 0 spiro atoms. The monoisotopic (exact) mass is 469 g/mol. The first-order chi connectivity index (χ1) is 16.5. The van der Waals surface area contributed by atoms with Crippen LogP contribution in [0.2, 0.25) is 0 Å². The Labute approximate surface area is 200 Å². The molecule has 1 aliphatic heterocycles. The molecule has 1 unspecified atom stereocenters. The van der Waals surface area contributed by atoms with Crippen LogP contribution in [0.5, 0.6) is 0 Å². The van der Waals surface area contributed by atoms with Crippen molar-refractivity contribution in [2.24, 2.45) is 5.92 Å². The van der Waals surface area contributed by atoms with Gasteiger partial charge in [0, 0.05) is 17.6 Å². The topological polar surface area (TPSA) is 93.9 Å². The van der Waals surface area contributed by atoms with Crippen LogP contribution in [0.3, 0.4) is 0 Å². The largest absolute Gasteiger partial charge is 0.481 e. The fourth-order valence-electron chi connectivity index (χ4n) is 6.16. The zero-order valence-corrected chi connectivity index (χ0v) is 20.2. The summed E-state index contributed by atoms with van der Waals surface area (Å²) in [4.78, 5) is 30.9. The number of carbonyl (C=O) groups excluding carboxylic acids is 1. The molecule has 8 heteroatoms. The first-order valence-corrected chi connectivity index (χ1v) is 12.7. The van der Waals surface area contributed by atoms with E-state index in [1.807, 2.05) is 13.0 Å². The summed E-state index contributed by atoms with van der Waals surface area (Å²) in [6.45, 7) is 2.51. The molecule has 3 aliphatic rings. The molecule has 5 rings (SSSR count). The number of benzene rings is 1. The maximum atomic E-state index is 12.5. The third kappa shape index (κ3) is 4.17. The number of hydrogen-bond acceptors (Lipinski definition) is 5. The number of ether oxygens (including phenoxy) is 2. The van der Waals surface area contributed by atoms with Gasteiger partial charge in [-0.1, -0.05) is 12.8 Å². The first kappa shape index (κ1) is 23.1. The van der Waals surface area contributed by atoms with Gasteiger partial charge in [0.1, 0.15) is 12.4 Å². The lowest BCUT2D eigenvalue weighted by Crippen LogP contribution is -2.42. The molecule has 1 aromatic carbocycles. The van der Waals surface area contributed by atoms with Gasteiger partial charge in [0.05, 0.1) is 35.9 Å². The predicted molar refractivity (Wildman–Crippen MR) is 128 cm³/mol. The van der Waals surface area contributed by atoms with Crippen molar-refractivity contribution in [3.05, 3.63) is 23.5 Å². The Bertz CT molecular complexity index is 1070. The van der Waals surface area contributed by atoms with Gasteiger partial charge in [-0.25, -0.2) is 9.78 Å². The average Bonchev–Trinajstić information content (AvgIpc) is 3.49. The third-order valence-corrected chi connectivity index (χ3v) is 8.06. The minimum atomic E-state index is -0.690. The normalized spacial score (nSPS) is 25.5. The van der Waals surface area contributed by atoms with Gasteiger partial charge in [-0.15, -0.1) is 0 Å². The second-order valence-corrected chi connectivity index (χ2v) is 10.1. The number of methoxy groups -OCH3 is 1. The highest BCUT2D eigenvalue weighted by Gasteiger charge is 2.34. The standard InChI is InChI=1S/C26H35N3O5/c1-16-7-12-20-21(28(16)26(32)33-2)13-14-22-24(20)27-23(15-34-19-5-3-4-6-19)29(22)18-10-8-17(9-11-18)25(30)31/h13-14,16-19H,3-12,15H2,1-2H3,(H,30,31). The summed E-state index contributed by atoms with van der Waals surface area (Å²) >= 11 is 0. The molecule has 2 fully saturated rings. The van der Waals surface area contributed by atoms with Gasteiger partial charge in [0.15, 0.2) is 0 Å². The summed E-state index contributed by atoms with van der Waals surface area (Å²) in [6.07, 6.45) is 9.30. The molecule has 1 aromatic heterocycles. The molecule has 0 radical (unpaired) electrons. The number of aromatic nitrogens is 2. The van der Waals surface area contributed by atoms with E-state index in [2.05, 4.69) is 10.6 Å². The zero-order chi connectivity index (χ0) is 23.8. The van der Waals surface area contributed by atoms with E-state index in [1.54, 1.807) is 4.90 Å². The van der Waals surface area contributed by atoms with Gasteiger partial charge < -0.3 is 19.1 Å². The van der Waals surface area contributed by atoms with Crippen LogP contribution in [-0.4, -0.2) is 46.0 Å². The number of aliphatic carboxylic acids is 1. The van der Waals surface area contributed by atoms with Crippen LogP contribution in [0.25, 0.3) is 11.0 Å². The second-order valence-electron chi connectivity index (χ2n) is 10.1. The third-order valence-electron chi connectivity index (χ3n) is 8.06. The smallest absolute Gasteiger partial charge is 0.414 e. The minimum Gasteiger partial charge on any atom is -0.481 e. The number of hydrogen-bond donors (Lipinski definition) is 1. The molecule has 184 valence electrons. The zero-order valence-electron chi connectivity index (χ0n) is 20.2. The Morgan fingerprint density at radius 3 is 2.50 bits per heavy atom. The summed E-state index contributed by atoms with van der Waals surface area (Å²) in [6, 6.07) is 4.36. The van der Waals surface area contributed by atoms with E-state index >= 15 is 0 Å². The predicted octanol–water partition coefficient (Wildman–Crippen LogP) is 5.22. The van der Waals surface area contributed by atoms with E-state index in [0.717, 1.165) is 66.6 Å². The van der Waals surface area contributed by atoms with E-state index in [1.165, 1.54) is 20.0 Å². The van der Waals surface area contributed by atoms with Gasteiger partial charge in [-0.3, -0.25) is 9.69 Å². The van der Waals surface area contributed by atoms with E-state index in [9.17, 15) is 14.7 Å². The number of imidazole rings is 1. The number of aryl methyl sites for hydroxylation is 1. The van der Waals surface area contributed by atoms with E-state index < -0.39 is 5.97 Å². The van der Waals surface area contributed by atoms with E-state index in [0.29, 0.717) is 25.6 Å². The van der Waals surface area contributed by atoms with Crippen molar-refractivity contribution in [1.29, 1.82) is 0 Å². The number of nitrogens with zero attached hydrogens (tertiary/aromatic N) is 3. The molecule has 1 amide bonds. The molecule has 2 heterocycles. The Kier molecular flexibility index (Phi) is 6.51. The van der Waals surface area contributed by atoms with Crippen LogP contribution in [0.4, 0.5) is 10.5 Å². The number of amides is 1. The second kappa shape index (κ2) is 9.56. The molecule has 34 heavy (non-hydrogen) atoms. The summed E-state index contributed by atoms with van der Waals surface area (Å²) in [5, 5.41) is 9.45. The fraction of sp³-hybridized carbons (Fsp3) is 0.654. The lowest BCUT2D eigenvalue weighted by atomic mass is 9.86. The van der Waals surface area contributed by atoms with Crippen LogP contribution >= 0.6 is 0 Å². The molecule has 1 N–H and O–H groups in total. The SMILES string of the molecule is COC(=O)N1c2ccc3c(nc(COC4CCCC4)n3C3CCC(C(=O)O)CC3)c2CCC1C. The summed E-state index contributed by atoms with van der Waals surface area (Å²) in [7, 11) is 1.42. The molecule has 2 saturated carbocycles. The summed E-state index contributed by atoms with van der Waals surface area (Å²) in [5.74, 6) is -0.0331. The lowest BCUT2D eigenvalue weighted by molar-refractivity contribution is -0.143. The number of carboxylic acids is 1. The van der Waals surface area contributed by atoms with Crippen LogP contribution in [-0.2, 0) is 27.3 Å². The number of anilines is 1. The van der Waals surface area contributed by atoms with Crippen molar-refractivity contribution < 1.29 is 24.2 Å². The van der Waals surface area contributed by atoms with Gasteiger partial charge in [-0.05, 0) is 70.4 Å². The quantitative estimate of drug-likeness (QED) is 0.645. The molecule has 2 aromatic rings. The molecule has 0 saturated heterocycles. The lowest BCUT2D eigenvalue weighted by Gasteiger charge is -2.34. The summed E-state index contributed by atoms with van der Waals surface area (Å²) in [5.41, 5.74) is 3.95. The van der Waals surface area contributed by atoms with Crippen molar-refractivity contribution >= 4 is 28.8 Å². The molecule has 0 bridgehead atoms. The maximum absolute atomic E-state index is 12.5. The van der Waals surface area contributed by atoms with Crippen molar-refractivity contribution in [2.75, 3.05) is 12.0 Å². The Balaban J connectivity index is 1.54. The maximum Gasteiger partial charge on any atom is 0.414 e. The Hall–Kier alpha value is -2.61. The highest BCUT2D eigenvalue weighted by Crippen LogP contribution is 2.40. The van der Waals surface area contributed by atoms with Gasteiger partial charge in [-0.2, -0.15) is 0 Å². The highest BCUT2D eigenvalue weighted by atomic mass is 16.5. The van der Waals surface area contributed by atoms with Crippen molar-refractivity contribution in [1.82, 2.24) is 9.55 Å². The van der Waals surface area contributed by atoms with Gasteiger partial charge >= 0.3 is 12.1 Å². The molecular weight excluding hydrogens is 434 g/mol. The molecule has 1 atom stereocenters. The van der Waals surface area contributed by atoms with Crippen molar-refractivity contribution in [3.8, 4) is 0 Å². The fourth-order valence-corrected chi connectivity index (χ4v) is 6.16. The van der Waals surface area contributed by atoms with Gasteiger partial charge in [0.2, 0.25) is 0 Å². The van der Waals surface area contributed by atoms with Crippen LogP contribution < -0.4 is 4.90 Å². The Morgan fingerprint density at radius 1 is 1.09 bits per heavy atom. The molecular formula is C26H35N3O5. The first-order valence-electron chi connectivity index (χ1n) is 12.7.